The van der Waals surface area contributed by atoms with Crippen LogP contribution in [0, 0.1) is 11.3 Å². The molecule has 0 bridgehead atoms. The van der Waals surface area contributed by atoms with E-state index in [9.17, 15) is 0 Å². The quantitative estimate of drug-likeness (QED) is 0.846. The van der Waals surface area contributed by atoms with Crippen LogP contribution in [0.5, 0.6) is 11.5 Å². The highest BCUT2D eigenvalue weighted by Crippen LogP contribution is 2.42. The first-order valence-electron chi connectivity index (χ1n) is 8.01. The van der Waals surface area contributed by atoms with Gasteiger partial charge in [0.15, 0.2) is 11.5 Å². The van der Waals surface area contributed by atoms with Crippen molar-refractivity contribution >= 4 is 5.69 Å². The fraction of sp³-hybridized carbons (Fsp3) is 0.667. The van der Waals surface area contributed by atoms with E-state index in [1.807, 2.05) is 19.9 Å². The molecule has 0 spiro atoms. The Kier molecular flexibility index (Phi) is 3.34. The molecular weight excluding hydrogens is 262 g/mol. The minimum Gasteiger partial charge on any atom is -0.449 e. The topological polar surface area (TPSA) is 30.5 Å². The second-order valence-electron chi connectivity index (χ2n) is 8.02. The fourth-order valence-electron chi connectivity index (χ4n) is 4.00. The molecule has 0 saturated heterocycles. The molecule has 3 heteroatoms. The van der Waals surface area contributed by atoms with Crippen LogP contribution in [0.4, 0.5) is 5.69 Å². The molecule has 3 rings (SSSR count). The van der Waals surface area contributed by atoms with Crippen molar-refractivity contribution in [3.8, 4) is 11.5 Å². The van der Waals surface area contributed by atoms with Crippen LogP contribution in [0.3, 0.4) is 0 Å². The van der Waals surface area contributed by atoms with Crippen LogP contribution in [-0.2, 0) is 0 Å². The summed E-state index contributed by atoms with van der Waals surface area (Å²) >= 11 is 0. The number of ether oxygens (including phenoxy) is 2. The van der Waals surface area contributed by atoms with Crippen molar-refractivity contribution in [3.63, 3.8) is 0 Å². The van der Waals surface area contributed by atoms with Crippen LogP contribution in [-0.4, -0.2) is 11.8 Å². The number of benzene rings is 1. The molecule has 116 valence electrons. The molecule has 2 atom stereocenters. The Labute approximate surface area is 128 Å². The minimum absolute atomic E-state index is 0.424. The monoisotopic (exact) mass is 289 g/mol. The zero-order valence-corrected chi connectivity index (χ0v) is 13.8. The summed E-state index contributed by atoms with van der Waals surface area (Å²) in [5.74, 6) is 1.90. The van der Waals surface area contributed by atoms with E-state index in [1.54, 1.807) is 0 Å². The predicted molar refractivity (Wildman–Crippen MR) is 86.0 cm³/mol. The molecule has 1 aliphatic heterocycles. The van der Waals surface area contributed by atoms with Gasteiger partial charge >= 0.3 is 0 Å². The third-order valence-electron chi connectivity index (χ3n) is 4.41. The van der Waals surface area contributed by atoms with E-state index in [1.165, 1.54) is 19.3 Å². The van der Waals surface area contributed by atoms with E-state index in [2.05, 4.69) is 38.2 Å². The van der Waals surface area contributed by atoms with E-state index >= 15 is 0 Å². The highest BCUT2D eigenvalue weighted by atomic mass is 16.7. The van der Waals surface area contributed by atoms with Gasteiger partial charge in [0.05, 0.1) is 0 Å². The van der Waals surface area contributed by atoms with Crippen LogP contribution < -0.4 is 14.8 Å². The average molecular weight is 289 g/mol. The third kappa shape index (κ3) is 3.28. The first-order chi connectivity index (χ1) is 9.72. The zero-order valence-electron chi connectivity index (χ0n) is 13.8. The maximum Gasteiger partial charge on any atom is 0.246 e. The van der Waals surface area contributed by atoms with E-state index in [-0.39, 0.29) is 0 Å². The van der Waals surface area contributed by atoms with Crippen LogP contribution in [0.2, 0.25) is 0 Å². The van der Waals surface area contributed by atoms with Gasteiger partial charge in [-0.25, -0.2) is 0 Å². The van der Waals surface area contributed by atoms with Crippen LogP contribution in [0.25, 0.3) is 0 Å². The maximum absolute atomic E-state index is 5.82. The first kappa shape index (κ1) is 14.6. The van der Waals surface area contributed by atoms with Gasteiger partial charge in [-0.2, -0.15) is 0 Å². The fourth-order valence-corrected chi connectivity index (χ4v) is 4.00. The van der Waals surface area contributed by atoms with E-state index in [0.717, 1.165) is 23.1 Å². The van der Waals surface area contributed by atoms with Gasteiger partial charge < -0.3 is 14.8 Å². The molecule has 1 fully saturated rings. The molecule has 1 saturated carbocycles. The van der Waals surface area contributed by atoms with Crippen molar-refractivity contribution in [1.29, 1.82) is 0 Å². The van der Waals surface area contributed by atoms with Crippen molar-refractivity contribution in [2.75, 3.05) is 5.32 Å². The highest BCUT2D eigenvalue weighted by molar-refractivity contribution is 5.56. The standard InChI is InChI=1S/C18H27NO2/c1-12-8-14(11-17(2,3)10-12)19-13-6-7-15-16(9-13)21-18(4,5)20-15/h6-7,9,12,14,19H,8,10-11H2,1-5H3. The minimum atomic E-state index is -0.553. The van der Waals surface area contributed by atoms with Gasteiger partial charge in [-0.3, -0.25) is 0 Å². The molecule has 1 aliphatic carbocycles. The molecular formula is C18H27NO2. The molecule has 2 aliphatic rings. The van der Waals surface area contributed by atoms with E-state index < -0.39 is 5.79 Å². The summed E-state index contributed by atoms with van der Waals surface area (Å²) in [5.41, 5.74) is 1.55. The molecule has 0 amide bonds. The molecule has 21 heavy (non-hydrogen) atoms. The van der Waals surface area contributed by atoms with Crippen molar-refractivity contribution in [1.82, 2.24) is 0 Å². The molecule has 1 heterocycles. The van der Waals surface area contributed by atoms with Gasteiger partial charge in [0.2, 0.25) is 5.79 Å². The summed E-state index contributed by atoms with van der Waals surface area (Å²) < 4.78 is 11.6. The molecule has 1 N–H and O–H groups in total. The van der Waals surface area contributed by atoms with E-state index in [0.29, 0.717) is 11.5 Å². The normalized spacial score (nSPS) is 29.2. The van der Waals surface area contributed by atoms with Crippen LogP contribution in [0.1, 0.15) is 53.9 Å². The van der Waals surface area contributed by atoms with Crippen LogP contribution in [0.15, 0.2) is 18.2 Å². The van der Waals surface area contributed by atoms with Gasteiger partial charge in [-0.15, -0.1) is 0 Å². The number of hydrogen-bond donors (Lipinski definition) is 1. The summed E-state index contributed by atoms with van der Waals surface area (Å²) in [6.07, 6.45) is 3.78. The molecule has 0 aromatic heterocycles. The summed E-state index contributed by atoms with van der Waals surface area (Å²) in [7, 11) is 0. The van der Waals surface area contributed by atoms with Gasteiger partial charge in [0.1, 0.15) is 0 Å². The number of fused-ring (bicyclic) bond motifs is 1. The Hall–Kier alpha value is -1.38. The zero-order chi connectivity index (χ0) is 15.3. The largest absolute Gasteiger partial charge is 0.449 e. The van der Waals surface area contributed by atoms with Gasteiger partial charge in [-0.1, -0.05) is 20.8 Å². The smallest absolute Gasteiger partial charge is 0.246 e. The van der Waals surface area contributed by atoms with Crippen molar-refractivity contribution in [3.05, 3.63) is 18.2 Å². The second kappa shape index (κ2) is 4.82. The number of nitrogens with one attached hydrogen (secondary N) is 1. The summed E-state index contributed by atoms with van der Waals surface area (Å²) in [6, 6.07) is 6.70. The van der Waals surface area contributed by atoms with Crippen molar-refractivity contribution in [2.45, 2.75) is 65.7 Å². The molecule has 0 radical (unpaired) electrons. The Balaban J connectivity index is 1.72. The molecule has 1 aromatic carbocycles. The lowest BCUT2D eigenvalue weighted by Crippen LogP contribution is -2.35. The molecule has 1 aromatic rings. The summed E-state index contributed by atoms with van der Waals surface area (Å²) in [6.45, 7) is 11.0. The SMILES string of the molecule is CC1CC(Nc2ccc3c(c2)OC(C)(C)O3)CC(C)(C)C1. The van der Waals surface area contributed by atoms with Gasteiger partial charge in [0, 0.05) is 31.6 Å². The lowest BCUT2D eigenvalue weighted by atomic mass is 9.70. The Morgan fingerprint density at radius 1 is 1.05 bits per heavy atom. The summed E-state index contributed by atoms with van der Waals surface area (Å²) in [4.78, 5) is 0. The van der Waals surface area contributed by atoms with Crippen LogP contribution >= 0.6 is 0 Å². The maximum atomic E-state index is 5.82. The third-order valence-corrected chi connectivity index (χ3v) is 4.41. The Morgan fingerprint density at radius 2 is 1.76 bits per heavy atom. The van der Waals surface area contributed by atoms with Gasteiger partial charge in [-0.05, 0) is 42.7 Å². The molecule has 3 nitrogen and oxygen atoms in total. The number of hydrogen-bond acceptors (Lipinski definition) is 3. The summed E-state index contributed by atoms with van der Waals surface area (Å²) in [5, 5.41) is 3.69. The van der Waals surface area contributed by atoms with Gasteiger partial charge in [0.25, 0.3) is 0 Å². The lowest BCUT2D eigenvalue weighted by molar-refractivity contribution is -0.0431. The number of anilines is 1. The second-order valence-corrected chi connectivity index (χ2v) is 8.02. The Bertz CT molecular complexity index is 536. The molecule has 2 unspecified atom stereocenters. The lowest BCUT2D eigenvalue weighted by Gasteiger charge is -2.39. The predicted octanol–water partition coefficient (Wildman–Crippen LogP) is 4.82. The highest BCUT2D eigenvalue weighted by Gasteiger charge is 2.33. The van der Waals surface area contributed by atoms with Crippen molar-refractivity contribution < 1.29 is 9.47 Å². The van der Waals surface area contributed by atoms with E-state index in [4.69, 9.17) is 9.47 Å². The Morgan fingerprint density at radius 3 is 2.48 bits per heavy atom. The number of rotatable bonds is 2. The average Bonchev–Trinajstić information content (AvgIpc) is 2.59. The van der Waals surface area contributed by atoms with Crippen molar-refractivity contribution in [2.24, 2.45) is 11.3 Å². The first-order valence-corrected chi connectivity index (χ1v) is 8.01.